The van der Waals surface area contributed by atoms with Crippen molar-refractivity contribution in [3.8, 4) is 5.75 Å². The summed E-state index contributed by atoms with van der Waals surface area (Å²) < 4.78 is 20.0. The van der Waals surface area contributed by atoms with Crippen LogP contribution in [-0.4, -0.2) is 29.9 Å². The van der Waals surface area contributed by atoms with E-state index in [0.717, 1.165) is 16.5 Å². The molecule has 0 radical (unpaired) electrons. The summed E-state index contributed by atoms with van der Waals surface area (Å²) in [4.78, 5) is 29.9. The van der Waals surface area contributed by atoms with Gasteiger partial charge in [-0.2, -0.15) is 0 Å². The molecule has 4 aromatic rings. The molecule has 0 unspecified atom stereocenters. The van der Waals surface area contributed by atoms with Crippen molar-refractivity contribution < 1.29 is 18.7 Å². The number of hydrogen-bond donors (Lipinski definition) is 1. The monoisotopic (exact) mass is 475 g/mol. The molecule has 0 saturated carbocycles. The van der Waals surface area contributed by atoms with Crippen molar-refractivity contribution in [3.63, 3.8) is 0 Å². The van der Waals surface area contributed by atoms with Gasteiger partial charge in [0.2, 0.25) is 11.8 Å². The van der Waals surface area contributed by atoms with Crippen LogP contribution in [-0.2, 0) is 9.59 Å². The number of benzene rings is 3. The molecule has 34 heavy (non-hydrogen) atoms. The molecule has 172 valence electrons. The SMILES string of the molecule is CC(=O)N(c1nc(C=CC(=O)NCCOc2cccc3ccccc23)cs1)c1ccccc1F. The van der Waals surface area contributed by atoms with E-state index >= 15 is 0 Å². The van der Waals surface area contributed by atoms with E-state index in [4.69, 9.17) is 4.74 Å². The Kier molecular flexibility index (Phi) is 7.29. The predicted molar refractivity (Wildman–Crippen MR) is 133 cm³/mol. The summed E-state index contributed by atoms with van der Waals surface area (Å²) in [7, 11) is 0. The van der Waals surface area contributed by atoms with Gasteiger partial charge < -0.3 is 10.1 Å². The van der Waals surface area contributed by atoms with Crippen molar-refractivity contribution >= 4 is 50.8 Å². The Morgan fingerprint density at radius 1 is 1.09 bits per heavy atom. The lowest BCUT2D eigenvalue weighted by atomic mass is 10.1. The van der Waals surface area contributed by atoms with Crippen LogP contribution in [0, 0.1) is 5.82 Å². The van der Waals surface area contributed by atoms with E-state index in [1.165, 1.54) is 41.4 Å². The smallest absolute Gasteiger partial charge is 0.244 e. The Balaban J connectivity index is 1.32. The van der Waals surface area contributed by atoms with Crippen LogP contribution < -0.4 is 15.0 Å². The maximum atomic E-state index is 14.2. The summed E-state index contributed by atoms with van der Waals surface area (Å²) in [6.07, 6.45) is 2.90. The Labute approximate surface area is 200 Å². The molecule has 0 fully saturated rings. The van der Waals surface area contributed by atoms with E-state index in [-0.39, 0.29) is 17.5 Å². The van der Waals surface area contributed by atoms with Gasteiger partial charge >= 0.3 is 0 Å². The minimum Gasteiger partial charge on any atom is -0.491 e. The third-order valence-electron chi connectivity index (χ3n) is 4.92. The molecule has 1 heterocycles. The highest BCUT2D eigenvalue weighted by Crippen LogP contribution is 2.31. The number of rotatable bonds is 8. The van der Waals surface area contributed by atoms with Crippen molar-refractivity contribution in [1.29, 1.82) is 0 Å². The maximum absolute atomic E-state index is 14.2. The molecule has 1 N–H and O–H groups in total. The maximum Gasteiger partial charge on any atom is 0.244 e. The van der Waals surface area contributed by atoms with E-state index in [2.05, 4.69) is 10.3 Å². The normalized spacial score (nSPS) is 11.0. The quantitative estimate of drug-likeness (QED) is 0.276. The summed E-state index contributed by atoms with van der Waals surface area (Å²) in [6, 6.07) is 19.8. The molecule has 0 aliphatic rings. The van der Waals surface area contributed by atoms with Crippen molar-refractivity contribution in [2.75, 3.05) is 18.1 Å². The van der Waals surface area contributed by atoms with Crippen LogP contribution in [0.15, 0.2) is 78.2 Å². The van der Waals surface area contributed by atoms with Gasteiger partial charge in [-0.25, -0.2) is 9.37 Å². The molecule has 0 bridgehead atoms. The lowest BCUT2D eigenvalue weighted by Gasteiger charge is -2.18. The first-order valence-corrected chi connectivity index (χ1v) is 11.5. The fraction of sp³-hybridized carbons (Fsp3) is 0.115. The number of anilines is 2. The Morgan fingerprint density at radius 2 is 1.85 bits per heavy atom. The van der Waals surface area contributed by atoms with Crippen LogP contribution in [0.5, 0.6) is 5.75 Å². The standard InChI is InChI=1S/C26H22FN3O3S/c1-18(31)30(23-11-5-4-10-22(23)27)26-29-20(17-34-26)13-14-25(32)28-15-16-33-24-12-6-8-19-7-2-3-9-21(19)24/h2-14,17H,15-16H2,1H3,(H,28,32). The lowest BCUT2D eigenvalue weighted by molar-refractivity contribution is -0.117. The lowest BCUT2D eigenvalue weighted by Crippen LogP contribution is -2.26. The highest BCUT2D eigenvalue weighted by Gasteiger charge is 2.20. The number of nitrogens with zero attached hydrogens (tertiary/aromatic N) is 2. The fourth-order valence-electron chi connectivity index (χ4n) is 3.37. The topological polar surface area (TPSA) is 71.5 Å². The van der Waals surface area contributed by atoms with Gasteiger partial charge in [-0.3, -0.25) is 14.5 Å². The van der Waals surface area contributed by atoms with Crippen LogP contribution in [0.3, 0.4) is 0 Å². The van der Waals surface area contributed by atoms with Crippen LogP contribution in [0.2, 0.25) is 0 Å². The van der Waals surface area contributed by atoms with Crippen molar-refractivity contribution in [2.24, 2.45) is 0 Å². The summed E-state index contributed by atoms with van der Waals surface area (Å²) in [5.74, 6) is -0.412. The molecule has 6 nitrogen and oxygen atoms in total. The van der Waals surface area contributed by atoms with Gasteiger partial charge in [0.05, 0.1) is 17.9 Å². The largest absolute Gasteiger partial charge is 0.491 e. The van der Waals surface area contributed by atoms with Gasteiger partial charge in [0, 0.05) is 23.8 Å². The third-order valence-corrected chi connectivity index (χ3v) is 5.77. The number of amides is 2. The van der Waals surface area contributed by atoms with Crippen molar-refractivity contribution in [1.82, 2.24) is 10.3 Å². The number of thiazole rings is 1. The fourth-order valence-corrected chi connectivity index (χ4v) is 4.22. The number of aromatic nitrogens is 1. The Hall–Kier alpha value is -4.04. The minimum atomic E-state index is -0.518. The third kappa shape index (κ3) is 5.47. The number of nitrogens with one attached hydrogen (secondary N) is 1. The number of carbonyl (C=O) groups is 2. The van der Waals surface area contributed by atoms with Crippen molar-refractivity contribution in [3.05, 3.63) is 89.7 Å². The van der Waals surface area contributed by atoms with Gasteiger partial charge in [-0.15, -0.1) is 11.3 Å². The second-order valence-electron chi connectivity index (χ2n) is 7.31. The molecule has 4 rings (SSSR count). The average molecular weight is 476 g/mol. The van der Waals surface area contributed by atoms with Gasteiger partial charge in [-0.05, 0) is 29.7 Å². The van der Waals surface area contributed by atoms with Gasteiger partial charge in [0.1, 0.15) is 18.2 Å². The van der Waals surface area contributed by atoms with E-state index in [1.807, 2.05) is 42.5 Å². The van der Waals surface area contributed by atoms with Gasteiger partial charge in [0.15, 0.2) is 5.13 Å². The van der Waals surface area contributed by atoms with E-state index in [0.29, 0.717) is 24.0 Å². The molecular weight excluding hydrogens is 453 g/mol. The first kappa shape index (κ1) is 23.1. The Bertz CT molecular complexity index is 1350. The molecule has 0 spiro atoms. The molecule has 0 aliphatic heterocycles. The average Bonchev–Trinajstić information content (AvgIpc) is 3.30. The minimum absolute atomic E-state index is 0.129. The number of hydrogen-bond acceptors (Lipinski definition) is 5. The summed E-state index contributed by atoms with van der Waals surface area (Å²) >= 11 is 1.19. The van der Waals surface area contributed by atoms with Gasteiger partial charge in [-0.1, -0.05) is 48.5 Å². The first-order valence-electron chi connectivity index (χ1n) is 10.6. The number of halogens is 1. The van der Waals surface area contributed by atoms with Crippen LogP contribution in [0.25, 0.3) is 16.8 Å². The molecule has 8 heteroatoms. The molecule has 3 aromatic carbocycles. The molecule has 2 amide bonds. The van der Waals surface area contributed by atoms with Gasteiger partial charge in [0.25, 0.3) is 0 Å². The second kappa shape index (κ2) is 10.7. The first-order chi connectivity index (χ1) is 16.5. The number of carbonyl (C=O) groups excluding carboxylic acids is 2. The number of ether oxygens (including phenoxy) is 1. The zero-order valence-corrected chi connectivity index (χ0v) is 19.2. The Morgan fingerprint density at radius 3 is 2.68 bits per heavy atom. The van der Waals surface area contributed by atoms with Crippen LogP contribution >= 0.6 is 11.3 Å². The predicted octanol–water partition coefficient (Wildman–Crippen LogP) is 5.33. The molecule has 0 saturated heterocycles. The molecular formula is C26H22FN3O3S. The second-order valence-corrected chi connectivity index (χ2v) is 8.15. The van der Waals surface area contributed by atoms with Crippen LogP contribution in [0.4, 0.5) is 15.2 Å². The molecule has 1 aromatic heterocycles. The summed E-state index contributed by atoms with van der Waals surface area (Å²) in [5, 5.41) is 6.89. The number of fused-ring (bicyclic) bond motifs is 1. The van der Waals surface area contributed by atoms with E-state index < -0.39 is 5.82 Å². The van der Waals surface area contributed by atoms with E-state index in [1.54, 1.807) is 23.6 Å². The summed E-state index contributed by atoms with van der Waals surface area (Å²) in [5.41, 5.74) is 0.619. The zero-order chi connectivity index (χ0) is 23.9. The molecule has 0 atom stereocenters. The highest BCUT2D eigenvalue weighted by molar-refractivity contribution is 7.14. The molecule has 0 aliphatic carbocycles. The van der Waals surface area contributed by atoms with Crippen molar-refractivity contribution in [2.45, 2.75) is 6.92 Å². The van der Waals surface area contributed by atoms with Crippen LogP contribution in [0.1, 0.15) is 12.6 Å². The summed E-state index contributed by atoms with van der Waals surface area (Å²) in [6.45, 7) is 2.00. The van der Waals surface area contributed by atoms with E-state index in [9.17, 15) is 14.0 Å². The zero-order valence-electron chi connectivity index (χ0n) is 18.4. The number of para-hydroxylation sites is 1. The highest BCUT2D eigenvalue weighted by atomic mass is 32.1.